The lowest BCUT2D eigenvalue weighted by molar-refractivity contribution is -0.149. The van der Waals surface area contributed by atoms with E-state index in [2.05, 4.69) is 74.2 Å². The molecule has 4 aliphatic rings. The minimum Gasteiger partial charge on any atom is -0.754 e. The van der Waals surface area contributed by atoms with Crippen molar-refractivity contribution in [3.63, 3.8) is 0 Å². The number of H-pyrrole nitrogens is 1. The molecule has 1 unspecified atom stereocenters. The maximum absolute atomic E-state index is 16.2. The van der Waals surface area contributed by atoms with Crippen LogP contribution in [0.25, 0.3) is 32.6 Å². The van der Waals surface area contributed by atoms with Crippen LogP contribution >= 0.6 is 11.3 Å². The van der Waals surface area contributed by atoms with Gasteiger partial charge in [0.05, 0.1) is 71.0 Å². The van der Waals surface area contributed by atoms with Crippen LogP contribution in [0.15, 0.2) is 84.6 Å². The van der Waals surface area contributed by atoms with Gasteiger partial charge in [-0.15, -0.1) is 11.3 Å². The number of esters is 1. The molecule has 4 saturated heterocycles. The summed E-state index contributed by atoms with van der Waals surface area (Å²) in [5.74, 6) is -6.29. The highest BCUT2D eigenvalue weighted by Crippen LogP contribution is 2.41. The molecule has 7 heterocycles. The number of carbonyl (C=O) groups is 6. The van der Waals surface area contributed by atoms with Gasteiger partial charge in [-0.1, -0.05) is 77.9 Å². The number of likely N-dealkylation sites (tertiary alicyclic amines) is 2. The minimum atomic E-state index is -3.10. The molecule has 6 aromatic rings. The van der Waals surface area contributed by atoms with E-state index in [0.717, 1.165) is 90.1 Å². The molecule has 4 aliphatic heterocycles. The van der Waals surface area contributed by atoms with Gasteiger partial charge in [-0.2, -0.15) is 0 Å². The minimum absolute atomic E-state index is 0.0232. The van der Waals surface area contributed by atoms with Gasteiger partial charge in [0.1, 0.15) is 42.0 Å². The number of aliphatic carboxylic acids is 1. The Kier molecular flexibility index (Phi) is 22.6. The van der Waals surface area contributed by atoms with Crippen LogP contribution in [0.5, 0.6) is 0 Å². The zero-order chi connectivity index (χ0) is 69.8. The highest BCUT2D eigenvalue weighted by molar-refractivity contribution is 7.80. The van der Waals surface area contributed by atoms with Gasteiger partial charge < -0.3 is 44.2 Å². The molecular formula is C69H87F3N11O11S2Si-. The number of piperidine rings is 1. The van der Waals surface area contributed by atoms with Gasteiger partial charge in [-0.25, -0.2) is 32.6 Å². The molecule has 3 aromatic heterocycles. The lowest BCUT2D eigenvalue weighted by atomic mass is 9.85. The van der Waals surface area contributed by atoms with Crippen molar-refractivity contribution < 1.29 is 65.0 Å². The number of aryl methyl sites for hydroxylation is 1. The molecule has 6 atom stereocenters. The fraction of sp³-hybridized carbons (Fsp3) is 0.507. The van der Waals surface area contributed by atoms with Crippen LogP contribution in [0.4, 0.5) is 24.5 Å². The first-order valence-electron chi connectivity index (χ1n) is 33.0. The van der Waals surface area contributed by atoms with E-state index in [0.29, 0.717) is 45.6 Å². The highest BCUT2D eigenvalue weighted by Gasteiger charge is 2.49. The van der Waals surface area contributed by atoms with Crippen molar-refractivity contribution in [2.24, 2.45) is 11.3 Å². The van der Waals surface area contributed by atoms with Crippen molar-refractivity contribution >= 4 is 88.8 Å². The Morgan fingerprint density at radius 3 is 2.16 bits per heavy atom. The summed E-state index contributed by atoms with van der Waals surface area (Å²) in [6.07, 6.45) is 2.33. The number of rotatable bonds is 24. The number of ketones is 1. The molecule has 3 aromatic carbocycles. The van der Waals surface area contributed by atoms with Crippen molar-refractivity contribution in [1.29, 1.82) is 0 Å². The zero-order valence-corrected chi connectivity index (χ0v) is 59.0. The number of hydrogen-bond donors (Lipinski definition) is 4. The summed E-state index contributed by atoms with van der Waals surface area (Å²) in [5.41, 5.74) is 4.52. The molecular weight excluding hydrogens is 1310 g/mol. The molecule has 4 N–H and O–H groups in total. The second-order valence-corrected chi connectivity index (χ2v) is 34.8. The van der Waals surface area contributed by atoms with E-state index in [1.54, 1.807) is 17.8 Å². The predicted molar refractivity (Wildman–Crippen MR) is 366 cm³/mol. The number of carboxylic acid groups (broad SMARTS) is 1. The first-order chi connectivity index (χ1) is 45.9. The molecule has 3 amide bonds. The average molecular weight is 1400 g/mol. The molecule has 0 bridgehead atoms. The Hall–Kier alpha value is -7.44. The van der Waals surface area contributed by atoms with E-state index in [-0.39, 0.29) is 68.6 Å². The summed E-state index contributed by atoms with van der Waals surface area (Å²) in [5, 5.41) is 16.6. The number of thiazole rings is 1. The van der Waals surface area contributed by atoms with Crippen LogP contribution in [0.3, 0.4) is 0 Å². The second kappa shape index (κ2) is 30.4. The molecule has 28 heteroatoms. The molecule has 10 rings (SSSR count). The van der Waals surface area contributed by atoms with Gasteiger partial charge in [0.15, 0.2) is 14.1 Å². The lowest BCUT2D eigenvalue weighted by Gasteiger charge is -2.40. The number of carbonyl (C=O) groups excluding carboxylic acids is 5. The summed E-state index contributed by atoms with van der Waals surface area (Å²) >= 11 is -1.60. The maximum atomic E-state index is 16.2. The molecule has 0 radical (unpaired) electrons. The number of halogens is 3. The van der Waals surface area contributed by atoms with Gasteiger partial charge in [0.2, 0.25) is 23.5 Å². The van der Waals surface area contributed by atoms with Crippen LogP contribution in [0.1, 0.15) is 113 Å². The summed E-state index contributed by atoms with van der Waals surface area (Å²) in [6, 6.07) is 15.9. The quantitative estimate of drug-likeness (QED) is 0.0190. The van der Waals surface area contributed by atoms with Gasteiger partial charge >= 0.3 is 11.9 Å². The monoisotopic (exact) mass is 1390 g/mol. The van der Waals surface area contributed by atoms with Crippen molar-refractivity contribution in [2.45, 2.75) is 136 Å². The van der Waals surface area contributed by atoms with Gasteiger partial charge in [-0.05, 0) is 116 Å². The van der Waals surface area contributed by atoms with E-state index in [4.69, 9.17) is 9.16 Å². The Labute approximate surface area is 571 Å². The van der Waals surface area contributed by atoms with Crippen LogP contribution in [-0.2, 0) is 44.4 Å². The SMILES string of the molecule is Cc1ncsc1-c1ccc([C@H](COC(=O)CCC(=O)O)NC(=O)[C@@H]2C[C@@H](O[Si](C)(C)C(C)(C)C)CN2C(=O)[C@@H](NC(=O)CN2CCC(CN3CCN(c4ccc(-c5cnc6[nH]cc(C(=O)c7c(F)ccc(N(N8CC[C@@H](F)C8)S(=O)[O-])c7F)c6c5)cc4)CC3)CC2)C(C)(C)C)cc1. The van der Waals surface area contributed by atoms with Crippen LogP contribution in [0.2, 0.25) is 18.1 Å². The third-order valence-electron chi connectivity index (χ3n) is 19.4. The van der Waals surface area contributed by atoms with Crippen molar-refractivity contribution in [2.75, 3.05) is 87.9 Å². The molecule has 97 heavy (non-hydrogen) atoms. The molecule has 0 spiro atoms. The number of carboxylic acids is 1. The number of pyridine rings is 1. The van der Waals surface area contributed by atoms with E-state index in [1.165, 1.54) is 22.4 Å². The van der Waals surface area contributed by atoms with Crippen molar-refractivity contribution in [1.82, 2.24) is 45.3 Å². The number of hydrazine groups is 1. The number of alkyl halides is 1. The van der Waals surface area contributed by atoms with Gasteiger partial charge in [-0.3, -0.25) is 42.8 Å². The number of ether oxygens (including phenoxy) is 1. The normalized spacial score (nSPS) is 19.6. The summed E-state index contributed by atoms with van der Waals surface area (Å²) in [7, 11) is -2.43. The Morgan fingerprint density at radius 1 is 0.856 bits per heavy atom. The van der Waals surface area contributed by atoms with E-state index < -0.39 is 114 Å². The van der Waals surface area contributed by atoms with E-state index in [9.17, 15) is 42.2 Å². The number of nitrogens with one attached hydrogen (secondary N) is 3. The Morgan fingerprint density at radius 2 is 1.55 bits per heavy atom. The third-order valence-corrected chi connectivity index (χ3v) is 25.7. The van der Waals surface area contributed by atoms with Crippen LogP contribution in [0, 0.1) is 29.9 Å². The fourth-order valence-electron chi connectivity index (χ4n) is 12.9. The molecule has 0 aliphatic carbocycles. The summed E-state index contributed by atoms with van der Waals surface area (Å²) < 4.78 is 83.2. The Balaban J connectivity index is 0.731. The maximum Gasteiger partial charge on any atom is 0.306 e. The third kappa shape index (κ3) is 17.2. The average Bonchev–Trinajstić information content (AvgIpc) is 1.68. The number of benzene rings is 3. The molecule has 22 nitrogen and oxygen atoms in total. The molecule has 522 valence electrons. The first-order valence-corrected chi connectivity index (χ1v) is 37.8. The second-order valence-electron chi connectivity index (χ2n) is 28.4. The highest BCUT2D eigenvalue weighted by atomic mass is 32.2. The molecule has 4 fully saturated rings. The van der Waals surface area contributed by atoms with E-state index >= 15 is 13.6 Å². The number of hydrogen-bond acceptors (Lipinski definition) is 17. The number of aromatic amines is 1. The lowest BCUT2D eigenvalue weighted by Crippen LogP contribution is -2.59. The number of aromatic nitrogens is 3. The van der Waals surface area contributed by atoms with Crippen molar-refractivity contribution in [3.05, 3.63) is 119 Å². The number of fused-ring (bicyclic) bond motifs is 1. The predicted octanol–water partition coefficient (Wildman–Crippen LogP) is 9.35. The summed E-state index contributed by atoms with van der Waals surface area (Å²) in [4.78, 5) is 103. The number of anilines is 2. The summed E-state index contributed by atoms with van der Waals surface area (Å²) in [6.45, 7) is 23.4. The van der Waals surface area contributed by atoms with E-state index in [1.807, 2.05) is 76.2 Å². The topological polar surface area (TPSA) is 266 Å². The fourth-order valence-corrected chi connectivity index (χ4v) is 15.7. The van der Waals surface area contributed by atoms with Crippen LogP contribution in [-0.4, -0.2) is 195 Å². The van der Waals surface area contributed by atoms with Crippen molar-refractivity contribution in [3.8, 4) is 21.6 Å². The largest absolute Gasteiger partial charge is 0.754 e. The van der Waals surface area contributed by atoms with Gasteiger partial charge in [0, 0.05) is 86.8 Å². The number of nitrogens with zero attached hydrogens (tertiary/aromatic N) is 8. The standard InChI is InChI=1S/C69H88F3N11O11S2Si/c1-42-63(95-41-75-42)46-12-10-45(11-13-46)54(40-93-59(87)21-20-58(85)86)76-66(89)56-33-50(94-97(8,9)69(5,6)7)38-82(56)67(90)64(68(2,3)4)77-57(84)39-78-25-22-43(23-26-78)36-79-28-30-80(31-29-79)49-16-14-44(15-17-49)47-32-51-52(35-74-65(51)73-34-47)62(88)60-53(71)18-19-55(61(60)72)83(96(91)92)81-27-24-48(70)37-81/h10-19,32,34-35,41,43,48,50,54,56,64H,20-31,33,36-40H2,1-9H3,(H,73,74)(H,76,89)(H,77,84)(H,85,86)(H,91,92)/p-1/t48-,50-,54+,56+,64-/m1/s1. The zero-order valence-electron chi connectivity index (χ0n) is 56.3. The number of amides is 3. The van der Waals surface area contributed by atoms with Crippen LogP contribution < -0.4 is 19.9 Å². The Bertz CT molecular complexity index is 3870. The number of piperazine rings is 1. The first kappa shape index (κ1) is 72.3. The smallest absolute Gasteiger partial charge is 0.306 e. The van der Waals surface area contributed by atoms with Gasteiger partial charge in [0.25, 0.3) is 0 Å². The molecule has 0 saturated carbocycles.